The summed E-state index contributed by atoms with van der Waals surface area (Å²) in [6.07, 6.45) is 2.29. The molecule has 1 aromatic carbocycles. The van der Waals surface area contributed by atoms with Crippen molar-refractivity contribution in [2.45, 2.75) is 25.8 Å². The number of anilines is 1. The highest BCUT2D eigenvalue weighted by molar-refractivity contribution is 14.0. The Hall–Kier alpha value is -1.38. The van der Waals surface area contributed by atoms with E-state index in [0.29, 0.717) is 17.7 Å². The summed E-state index contributed by atoms with van der Waals surface area (Å²) in [4.78, 5) is 16.0. The number of halogens is 2. The molecule has 0 saturated heterocycles. The van der Waals surface area contributed by atoms with Crippen LogP contribution in [0.3, 0.4) is 0 Å². The fourth-order valence-corrected chi connectivity index (χ4v) is 1.63. The molecule has 2 rings (SSSR count). The third-order valence-electron chi connectivity index (χ3n) is 2.77. The van der Waals surface area contributed by atoms with Crippen LogP contribution in [0, 0.1) is 5.82 Å². The molecule has 0 unspecified atom stereocenters. The number of amides is 1. The third-order valence-corrected chi connectivity index (χ3v) is 2.77. The van der Waals surface area contributed by atoms with Crippen LogP contribution in [-0.2, 0) is 4.79 Å². The predicted molar refractivity (Wildman–Crippen MR) is 92.6 cm³/mol. The van der Waals surface area contributed by atoms with Gasteiger partial charge in [0.05, 0.1) is 0 Å². The van der Waals surface area contributed by atoms with Gasteiger partial charge in [-0.3, -0.25) is 4.79 Å². The van der Waals surface area contributed by atoms with Gasteiger partial charge in [-0.05, 0) is 44.0 Å². The summed E-state index contributed by atoms with van der Waals surface area (Å²) in [5.41, 5.74) is 0.562. The van der Waals surface area contributed by atoms with Crippen LogP contribution in [0.4, 0.5) is 10.1 Å². The number of nitrogens with zero attached hydrogens (tertiary/aromatic N) is 1. The van der Waals surface area contributed by atoms with E-state index in [-0.39, 0.29) is 42.2 Å². The Kier molecular flexibility index (Phi) is 7.41. The number of guanidine groups is 1. The average Bonchev–Trinajstić information content (AvgIpc) is 3.23. The van der Waals surface area contributed by atoms with Gasteiger partial charge in [-0.1, -0.05) is 0 Å². The fraction of sp³-hybridized carbons (Fsp3) is 0.429. The molecule has 1 saturated carbocycles. The van der Waals surface area contributed by atoms with Crippen molar-refractivity contribution in [1.82, 2.24) is 10.6 Å². The van der Waals surface area contributed by atoms with Gasteiger partial charge in [0.1, 0.15) is 12.4 Å². The van der Waals surface area contributed by atoms with Crippen LogP contribution < -0.4 is 16.0 Å². The minimum absolute atomic E-state index is 0. The molecule has 0 radical (unpaired) electrons. The number of nitrogens with one attached hydrogen (secondary N) is 3. The van der Waals surface area contributed by atoms with Gasteiger partial charge in [-0.25, -0.2) is 9.38 Å². The number of rotatable bonds is 5. The van der Waals surface area contributed by atoms with Gasteiger partial charge in [-0.2, -0.15) is 0 Å². The molecule has 0 spiro atoms. The van der Waals surface area contributed by atoms with Crippen molar-refractivity contribution in [3.63, 3.8) is 0 Å². The first kappa shape index (κ1) is 17.7. The van der Waals surface area contributed by atoms with Crippen LogP contribution >= 0.6 is 24.0 Å². The van der Waals surface area contributed by atoms with Crippen LogP contribution in [0.2, 0.25) is 0 Å². The number of carbonyl (C=O) groups excluding carboxylic acids is 1. The van der Waals surface area contributed by atoms with E-state index in [1.165, 1.54) is 24.3 Å². The summed E-state index contributed by atoms with van der Waals surface area (Å²) in [5.74, 6) is 0.0953. The van der Waals surface area contributed by atoms with E-state index in [4.69, 9.17) is 0 Å². The highest BCUT2D eigenvalue weighted by Crippen LogP contribution is 2.18. The topological polar surface area (TPSA) is 65.5 Å². The van der Waals surface area contributed by atoms with Gasteiger partial charge in [0.2, 0.25) is 5.91 Å². The first-order valence-electron chi connectivity index (χ1n) is 6.77. The Balaban J connectivity index is 0.00000220. The summed E-state index contributed by atoms with van der Waals surface area (Å²) >= 11 is 0. The molecule has 21 heavy (non-hydrogen) atoms. The van der Waals surface area contributed by atoms with Gasteiger partial charge in [0.25, 0.3) is 0 Å². The van der Waals surface area contributed by atoms with Gasteiger partial charge in [0, 0.05) is 18.3 Å². The van der Waals surface area contributed by atoms with Crippen molar-refractivity contribution in [1.29, 1.82) is 0 Å². The van der Waals surface area contributed by atoms with E-state index < -0.39 is 0 Å². The molecule has 0 aliphatic heterocycles. The molecule has 1 aliphatic rings. The number of hydrogen-bond acceptors (Lipinski definition) is 2. The largest absolute Gasteiger partial charge is 0.357 e. The second-order valence-electron chi connectivity index (χ2n) is 4.67. The lowest BCUT2D eigenvalue weighted by Crippen LogP contribution is -2.39. The first-order valence-corrected chi connectivity index (χ1v) is 6.77. The van der Waals surface area contributed by atoms with Crippen molar-refractivity contribution in [2.75, 3.05) is 18.4 Å². The Bertz CT molecular complexity index is 488. The second kappa shape index (κ2) is 8.81. The molecule has 1 amide bonds. The fourth-order valence-electron chi connectivity index (χ4n) is 1.63. The molecule has 1 aromatic rings. The van der Waals surface area contributed by atoms with Crippen LogP contribution in [0.1, 0.15) is 19.8 Å². The van der Waals surface area contributed by atoms with Crippen LogP contribution in [0.5, 0.6) is 0 Å². The molecule has 0 aromatic heterocycles. The molecule has 1 aliphatic carbocycles. The van der Waals surface area contributed by atoms with Crippen LogP contribution in [-0.4, -0.2) is 31.0 Å². The summed E-state index contributed by atoms with van der Waals surface area (Å²) in [6.45, 7) is 2.75. The molecule has 0 bridgehead atoms. The maximum atomic E-state index is 12.7. The van der Waals surface area contributed by atoms with E-state index in [9.17, 15) is 9.18 Å². The smallest absolute Gasteiger partial charge is 0.246 e. The molecule has 116 valence electrons. The Morgan fingerprint density at radius 1 is 1.33 bits per heavy atom. The lowest BCUT2D eigenvalue weighted by atomic mass is 10.3. The van der Waals surface area contributed by atoms with Crippen molar-refractivity contribution < 1.29 is 9.18 Å². The molecular formula is C14H20FIN4O. The van der Waals surface area contributed by atoms with E-state index in [2.05, 4.69) is 20.9 Å². The Morgan fingerprint density at radius 2 is 2.00 bits per heavy atom. The molecular weight excluding hydrogens is 386 g/mol. The maximum absolute atomic E-state index is 12.7. The summed E-state index contributed by atoms with van der Waals surface area (Å²) in [6, 6.07) is 6.12. The second-order valence-corrected chi connectivity index (χ2v) is 4.67. The molecule has 3 N–H and O–H groups in total. The average molecular weight is 406 g/mol. The Labute approximate surface area is 140 Å². The minimum atomic E-state index is -0.330. The quantitative estimate of drug-likeness (QED) is 0.399. The molecule has 0 atom stereocenters. The number of carbonyl (C=O) groups is 1. The van der Waals surface area contributed by atoms with Crippen LogP contribution in [0.15, 0.2) is 29.3 Å². The molecule has 7 heteroatoms. The van der Waals surface area contributed by atoms with E-state index in [1.54, 1.807) is 0 Å². The van der Waals surface area contributed by atoms with E-state index in [0.717, 1.165) is 19.4 Å². The zero-order chi connectivity index (χ0) is 14.4. The number of hydrogen-bond donors (Lipinski definition) is 3. The van der Waals surface area contributed by atoms with Crippen molar-refractivity contribution >= 4 is 41.5 Å². The van der Waals surface area contributed by atoms with E-state index >= 15 is 0 Å². The zero-order valence-electron chi connectivity index (χ0n) is 11.9. The normalized spacial score (nSPS) is 14.1. The predicted octanol–water partition coefficient (Wildman–Crippen LogP) is 2.10. The van der Waals surface area contributed by atoms with Gasteiger partial charge < -0.3 is 16.0 Å². The SMILES string of the molecule is CCNC(=NCC(=O)Nc1ccc(F)cc1)NC1CC1.I. The standard InChI is InChI=1S/C14H19FN4O.HI/c1-2-16-14(19-12-7-8-12)17-9-13(20)18-11-5-3-10(15)4-6-11;/h3-6,12H,2,7-9H2,1H3,(H,18,20)(H2,16,17,19);1H. The van der Waals surface area contributed by atoms with E-state index in [1.807, 2.05) is 6.92 Å². The lowest BCUT2D eigenvalue weighted by Gasteiger charge is -2.10. The van der Waals surface area contributed by atoms with Crippen molar-refractivity contribution in [2.24, 2.45) is 4.99 Å². The van der Waals surface area contributed by atoms with Gasteiger partial charge >= 0.3 is 0 Å². The number of benzene rings is 1. The maximum Gasteiger partial charge on any atom is 0.246 e. The highest BCUT2D eigenvalue weighted by atomic mass is 127. The molecule has 1 fully saturated rings. The van der Waals surface area contributed by atoms with Gasteiger partial charge in [0.15, 0.2) is 5.96 Å². The molecule has 0 heterocycles. The zero-order valence-corrected chi connectivity index (χ0v) is 14.2. The van der Waals surface area contributed by atoms with Crippen molar-refractivity contribution in [3.05, 3.63) is 30.1 Å². The van der Waals surface area contributed by atoms with Gasteiger partial charge in [-0.15, -0.1) is 24.0 Å². The van der Waals surface area contributed by atoms with Crippen LogP contribution in [0.25, 0.3) is 0 Å². The lowest BCUT2D eigenvalue weighted by molar-refractivity contribution is -0.114. The number of aliphatic imine (C=N–C) groups is 1. The summed E-state index contributed by atoms with van der Waals surface area (Å²) in [5, 5.41) is 8.99. The summed E-state index contributed by atoms with van der Waals surface area (Å²) < 4.78 is 12.7. The Morgan fingerprint density at radius 3 is 2.57 bits per heavy atom. The highest BCUT2D eigenvalue weighted by Gasteiger charge is 2.22. The first-order chi connectivity index (χ1) is 9.67. The monoisotopic (exact) mass is 406 g/mol. The third kappa shape index (κ3) is 6.74. The summed E-state index contributed by atoms with van der Waals surface area (Å²) in [7, 11) is 0. The minimum Gasteiger partial charge on any atom is -0.357 e. The molecule has 5 nitrogen and oxygen atoms in total. The van der Waals surface area contributed by atoms with Crippen molar-refractivity contribution in [3.8, 4) is 0 Å².